The van der Waals surface area contributed by atoms with Crippen LogP contribution >= 0.6 is 21.6 Å². The zero-order valence-electron chi connectivity index (χ0n) is 28.9. The molecule has 0 aromatic heterocycles. The largest absolute Gasteiger partial charge is 0.508 e. The van der Waals surface area contributed by atoms with Crippen LogP contribution < -0.4 is 21.5 Å². The molecule has 0 saturated heterocycles. The highest BCUT2D eigenvalue weighted by Gasteiger charge is 2.30. The number of phenols is 1. The number of hydrazine groups is 1. The number of nitrogens with one attached hydrogen (secondary N) is 4. The van der Waals surface area contributed by atoms with Crippen molar-refractivity contribution >= 4 is 51.4 Å². The zero-order chi connectivity index (χ0) is 38.5. The maximum atomic E-state index is 12.8. The summed E-state index contributed by atoms with van der Waals surface area (Å²) in [4.78, 5) is 61.1. The smallest absolute Gasteiger partial charge is 0.426 e. The van der Waals surface area contributed by atoms with Gasteiger partial charge in [-0.05, 0) is 49.3 Å². The summed E-state index contributed by atoms with van der Waals surface area (Å²) >= 11 is 0. The molecule has 0 spiro atoms. The number of aliphatic carboxylic acids is 1. The maximum Gasteiger partial charge on any atom is 0.426 e. The molecule has 0 fully saturated rings. The molecule has 11 N–H and O–H groups in total. The minimum absolute atomic E-state index is 0.00891. The van der Waals surface area contributed by atoms with Gasteiger partial charge in [0.15, 0.2) is 0 Å². The van der Waals surface area contributed by atoms with Crippen molar-refractivity contribution in [3.05, 3.63) is 29.8 Å². The number of benzene rings is 1. The topological polar surface area (TPSA) is 284 Å². The second-order valence-electron chi connectivity index (χ2n) is 12.1. The molecule has 0 aliphatic rings. The van der Waals surface area contributed by atoms with Crippen molar-refractivity contribution in [3.8, 4) is 5.75 Å². The Morgan fingerprint density at radius 1 is 0.902 bits per heavy atom. The van der Waals surface area contributed by atoms with E-state index in [4.69, 9.17) is 9.84 Å². The minimum Gasteiger partial charge on any atom is -0.508 e. The van der Waals surface area contributed by atoms with Gasteiger partial charge in [-0.15, -0.1) is 0 Å². The van der Waals surface area contributed by atoms with Crippen LogP contribution in [0.2, 0.25) is 0 Å². The van der Waals surface area contributed by atoms with Gasteiger partial charge in [0, 0.05) is 36.3 Å². The highest BCUT2D eigenvalue weighted by Crippen LogP contribution is 2.23. The number of phenolic OH excluding ortho intramolecular Hbond substituents is 1. The Morgan fingerprint density at radius 3 is 2.16 bits per heavy atom. The molecule has 290 valence electrons. The summed E-state index contributed by atoms with van der Waals surface area (Å²) in [6.45, 7) is 4.09. The van der Waals surface area contributed by atoms with Crippen molar-refractivity contribution in [2.75, 3.05) is 31.3 Å². The van der Waals surface area contributed by atoms with Crippen molar-refractivity contribution in [2.45, 2.75) is 83.3 Å². The summed E-state index contributed by atoms with van der Waals surface area (Å²) in [5.41, 5.74) is 5.56. The summed E-state index contributed by atoms with van der Waals surface area (Å²) in [5.74, 6) is -3.24. The molecular weight excluding hydrogens is 713 g/mol. The Morgan fingerprint density at radius 2 is 1.55 bits per heavy atom. The van der Waals surface area contributed by atoms with Gasteiger partial charge < -0.3 is 51.1 Å². The van der Waals surface area contributed by atoms with Crippen molar-refractivity contribution in [2.24, 2.45) is 17.8 Å². The fourth-order valence-corrected chi connectivity index (χ4v) is 6.71. The van der Waals surface area contributed by atoms with E-state index >= 15 is 0 Å². The number of rotatable bonds is 24. The molecule has 19 heteroatoms. The summed E-state index contributed by atoms with van der Waals surface area (Å²) < 4.78 is 5.03. The predicted octanol–water partition coefficient (Wildman–Crippen LogP) is -0.336. The lowest BCUT2D eigenvalue weighted by Crippen LogP contribution is -2.49. The molecule has 51 heavy (non-hydrogen) atoms. The van der Waals surface area contributed by atoms with Gasteiger partial charge in [0.25, 0.3) is 0 Å². The molecule has 1 aromatic carbocycles. The Balaban J connectivity index is 2.32. The average Bonchev–Trinajstić information content (AvgIpc) is 3.10. The van der Waals surface area contributed by atoms with E-state index in [1.807, 2.05) is 19.1 Å². The quantitative estimate of drug-likeness (QED) is 0.0365. The number of aliphatic hydroxyl groups excluding tert-OH is 5. The molecule has 0 unspecified atom stereocenters. The van der Waals surface area contributed by atoms with Crippen LogP contribution in [0, 0.1) is 17.8 Å². The number of carboxylic acid groups (broad SMARTS) is 1. The predicted molar refractivity (Wildman–Crippen MR) is 189 cm³/mol. The van der Waals surface area contributed by atoms with Crippen LogP contribution in [-0.2, 0) is 30.3 Å². The monoisotopic (exact) mass is 764 g/mol. The lowest BCUT2D eigenvalue weighted by atomic mass is 9.91. The summed E-state index contributed by atoms with van der Waals surface area (Å²) in [6.07, 6.45) is -6.37. The minimum atomic E-state index is -1.84. The summed E-state index contributed by atoms with van der Waals surface area (Å²) in [5, 5.41) is 71.4. The number of carbonyl (C=O) groups is 5. The number of hydrogen-bond donors (Lipinski definition) is 11. The van der Waals surface area contributed by atoms with Gasteiger partial charge in [-0.2, -0.15) is 0 Å². The van der Waals surface area contributed by atoms with E-state index in [0.717, 1.165) is 22.8 Å². The number of carbonyl (C=O) groups excluding carboxylic acids is 4. The third-order valence-electron chi connectivity index (χ3n) is 7.76. The standard InChI is InChI=1S/C32H52N4O13S2/c1-4-21(7-10-26(41)33-15-24(39)27(42)28(43)25(40)16-37)30(45)34-23(31(46)47)17-51-50-12-11-49-32(48)36-35-29(44)19(3)13-18(2)14-20-5-8-22(38)9-6-20/h5-6,8-9,18-19,21,23-25,27-28,37-40,42-43H,4,7,10-17H2,1-3H3,(H,33,41)(H,34,45)(H,35,44)(H,36,48)(H,46,47)/t18-,19+,21+,23-,24+,25-,27-,28-/m1/s1. The Hall–Kier alpha value is -3.33. The number of ether oxygens (including phenoxy) is 1. The van der Waals surface area contributed by atoms with Gasteiger partial charge in [0.2, 0.25) is 17.7 Å². The normalized spacial score (nSPS) is 15.9. The fraction of sp³-hybridized carbons (Fsp3) is 0.656. The van der Waals surface area contributed by atoms with Crippen molar-refractivity contribution in [3.63, 3.8) is 0 Å². The average molecular weight is 765 g/mol. The molecule has 8 atom stereocenters. The molecule has 0 heterocycles. The molecular formula is C32H52N4O13S2. The van der Waals surface area contributed by atoms with Crippen LogP contribution in [0.5, 0.6) is 5.75 Å². The van der Waals surface area contributed by atoms with Crippen LogP contribution in [0.15, 0.2) is 24.3 Å². The highest BCUT2D eigenvalue weighted by molar-refractivity contribution is 8.76. The first-order valence-corrected chi connectivity index (χ1v) is 19.0. The zero-order valence-corrected chi connectivity index (χ0v) is 30.5. The van der Waals surface area contributed by atoms with Gasteiger partial charge in [-0.3, -0.25) is 19.8 Å². The fourth-order valence-electron chi connectivity index (χ4n) is 4.72. The van der Waals surface area contributed by atoms with Gasteiger partial charge in [-0.25, -0.2) is 15.0 Å². The van der Waals surface area contributed by atoms with E-state index in [0.29, 0.717) is 12.8 Å². The number of aromatic hydroxyl groups is 1. The first-order valence-electron chi connectivity index (χ1n) is 16.5. The SMILES string of the molecule is CC[C@@H](CCC(=O)NC[C@H](O)[C@@H](O)[C@H](O)[C@H](O)CO)C(=O)N[C@H](CSSCCOC(=O)NNC(=O)[C@@H](C)C[C@@H](C)Cc1ccc(O)cc1)C(=O)O. The van der Waals surface area contributed by atoms with Crippen molar-refractivity contribution < 1.29 is 64.5 Å². The molecule has 0 bridgehead atoms. The van der Waals surface area contributed by atoms with Crippen molar-refractivity contribution in [1.29, 1.82) is 0 Å². The van der Waals surface area contributed by atoms with Gasteiger partial charge in [0.05, 0.1) is 12.7 Å². The molecule has 0 saturated carbocycles. The maximum absolute atomic E-state index is 12.8. The summed E-state index contributed by atoms with van der Waals surface area (Å²) in [7, 11) is 2.35. The van der Waals surface area contributed by atoms with Crippen molar-refractivity contribution in [1.82, 2.24) is 21.5 Å². The molecule has 17 nitrogen and oxygen atoms in total. The number of aliphatic hydroxyl groups is 5. The molecule has 1 rings (SSSR count). The highest BCUT2D eigenvalue weighted by atomic mass is 33.1. The van der Waals surface area contributed by atoms with E-state index in [2.05, 4.69) is 21.5 Å². The van der Waals surface area contributed by atoms with E-state index in [-0.39, 0.29) is 54.4 Å². The second kappa shape index (κ2) is 24.8. The van der Waals surface area contributed by atoms with Crippen LogP contribution in [0.25, 0.3) is 0 Å². The Kier molecular flexibility index (Phi) is 22.2. The summed E-state index contributed by atoms with van der Waals surface area (Å²) in [6, 6.07) is 5.62. The van der Waals surface area contributed by atoms with E-state index in [9.17, 15) is 54.6 Å². The van der Waals surface area contributed by atoms with Crippen LogP contribution in [0.3, 0.4) is 0 Å². The van der Waals surface area contributed by atoms with E-state index < -0.39 is 73.4 Å². The Labute approximate surface area is 304 Å². The van der Waals surface area contributed by atoms with Crippen LogP contribution in [0.1, 0.15) is 52.0 Å². The van der Waals surface area contributed by atoms with E-state index in [1.54, 1.807) is 26.0 Å². The molecule has 0 aliphatic heterocycles. The van der Waals surface area contributed by atoms with E-state index in [1.165, 1.54) is 10.8 Å². The number of hydrogen-bond acceptors (Lipinski definition) is 14. The third kappa shape index (κ3) is 18.6. The molecule has 0 radical (unpaired) electrons. The van der Waals surface area contributed by atoms with Crippen LogP contribution in [-0.4, -0.2) is 127 Å². The first kappa shape index (κ1) is 45.7. The first-order chi connectivity index (χ1) is 24.1. The lowest BCUT2D eigenvalue weighted by molar-refractivity contribution is -0.142. The number of amides is 4. The lowest BCUT2D eigenvalue weighted by Gasteiger charge is -2.25. The van der Waals surface area contributed by atoms with Crippen LogP contribution in [0.4, 0.5) is 4.79 Å². The molecule has 0 aliphatic carbocycles. The Bertz CT molecular complexity index is 1230. The van der Waals surface area contributed by atoms with Gasteiger partial charge >= 0.3 is 12.1 Å². The van der Waals surface area contributed by atoms with Gasteiger partial charge in [0.1, 0.15) is 36.7 Å². The second-order valence-corrected chi connectivity index (χ2v) is 14.7. The molecule has 4 amide bonds. The third-order valence-corrected chi connectivity index (χ3v) is 10.1. The number of carboxylic acids is 1. The van der Waals surface area contributed by atoms with Gasteiger partial charge in [-0.1, -0.05) is 54.5 Å². The molecule has 1 aromatic rings.